The van der Waals surface area contributed by atoms with Crippen molar-refractivity contribution >= 4 is 35.7 Å². The maximum absolute atomic E-state index is 5.93. The molecule has 0 atom stereocenters. The highest BCUT2D eigenvalue weighted by atomic mass is 16.5. The van der Waals surface area contributed by atoms with Gasteiger partial charge in [0.05, 0.1) is 61.0 Å². The molecule has 0 bridgehead atoms. The van der Waals surface area contributed by atoms with E-state index in [0.717, 1.165) is 16.7 Å². The molecule has 0 radical (unpaired) electrons. The predicted octanol–water partition coefficient (Wildman–Crippen LogP) is 6.43. The molecule has 6 rings (SSSR count). The molecule has 0 unspecified atom stereocenters. The molecule has 410 valence electrons. The van der Waals surface area contributed by atoms with Crippen LogP contribution in [-0.2, 0) is 19.6 Å². The molecule has 25 heteroatoms. The fraction of sp³-hybridized carbons (Fsp3) is 0.471. The van der Waals surface area contributed by atoms with Crippen LogP contribution >= 0.6 is 0 Å². The highest BCUT2D eigenvalue weighted by Crippen LogP contribution is 2.30. The summed E-state index contributed by atoms with van der Waals surface area (Å²) < 4.78 is 50.5. The average Bonchev–Trinajstić information content (AvgIpc) is 3.40. The number of nitrogens with zero attached hydrogens (tertiary/aromatic N) is 10. The zero-order valence-corrected chi connectivity index (χ0v) is 45.4. The molecule has 6 aromatic rings. The van der Waals surface area contributed by atoms with Crippen LogP contribution in [0.25, 0.3) is 0 Å². The molecule has 0 amide bonds. The Bertz CT molecular complexity index is 2460. The van der Waals surface area contributed by atoms with Crippen LogP contribution in [0.2, 0.25) is 0 Å². The highest BCUT2D eigenvalue weighted by Gasteiger charge is 2.16. The maximum Gasteiger partial charge on any atom is 0.323 e. The number of ether oxygens (including phenoxy) is 9. The number of anilines is 6. The van der Waals surface area contributed by atoms with Crippen molar-refractivity contribution in [2.75, 3.05) is 114 Å². The van der Waals surface area contributed by atoms with Gasteiger partial charge in [-0.1, -0.05) is 18.2 Å². The van der Waals surface area contributed by atoms with Crippen molar-refractivity contribution in [3.63, 3.8) is 0 Å². The summed E-state index contributed by atoms with van der Waals surface area (Å²) in [6.45, 7) is 15.7. The van der Waals surface area contributed by atoms with E-state index in [2.05, 4.69) is 81.7 Å². The first kappa shape index (κ1) is 56.9. The third kappa shape index (κ3) is 17.9. The average molecular weight is 1050 g/mol. The summed E-state index contributed by atoms with van der Waals surface area (Å²) in [5, 5.41) is 20.0. The van der Waals surface area contributed by atoms with Crippen LogP contribution in [0.5, 0.6) is 52.5 Å². The van der Waals surface area contributed by atoms with Gasteiger partial charge in [-0.2, -0.15) is 44.9 Å². The van der Waals surface area contributed by atoms with E-state index in [9.17, 15) is 0 Å². The second-order valence-corrected chi connectivity index (χ2v) is 17.5. The molecule has 0 spiro atoms. The Hall–Kier alpha value is -8.35. The fourth-order valence-electron chi connectivity index (χ4n) is 7.16. The molecule has 0 saturated carbocycles. The summed E-state index contributed by atoms with van der Waals surface area (Å²) in [6.07, 6.45) is -0.519. The van der Waals surface area contributed by atoms with Crippen LogP contribution in [0.4, 0.5) is 35.7 Å². The molecule has 0 fully saturated rings. The van der Waals surface area contributed by atoms with Gasteiger partial charge in [0.25, 0.3) is 0 Å². The number of hydrogen-bond acceptors (Lipinski definition) is 25. The van der Waals surface area contributed by atoms with E-state index in [1.807, 2.05) is 96.1 Å². The second kappa shape index (κ2) is 28.9. The van der Waals surface area contributed by atoms with E-state index in [-0.39, 0.29) is 36.3 Å². The van der Waals surface area contributed by atoms with E-state index in [1.165, 1.54) is 0 Å². The Balaban J connectivity index is 1.17. The van der Waals surface area contributed by atoms with Crippen molar-refractivity contribution in [1.29, 1.82) is 0 Å². The van der Waals surface area contributed by atoms with E-state index in [4.69, 9.17) is 42.6 Å². The molecule has 25 nitrogen and oxygen atoms in total. The molecule has 76 heavy (non-hydrogen) atoms. The fourth-order valence-corrected chi connectivity index (χ4v) is 7.16. The largest absolute Gasteiger partial charge is 0.493 e. The van der Waals surface area contributed by atoms with E-state index in [1.54, 1.807) is 42.7 Å². The Labute approximate surface area is 444 Å². The lowest BCUT2D eigenvalue weighted by molar-refractivity contribution is 0.222. The summed E-state index contributed by atoms with van der Waals surface area (Å²) in [7, 11) is 9.59. The predicted molar refractivity (Wildman–Crippen MR) is 289 cm³/mol. The Kier molecular flexibility index (Phi) is 21.7. The summed E-state index contributed by atoms with van der Waals surface area (Å²) in [5.41, 5.74) is 2.80. The first-order valence-electron chi connectivity index (χ1n) is 24.8. The molecular weight excluding hydrogens is 981 g/mol. The highest BCUT2D eigenvalue weighted by molar-refractivity contribution is 5.47. The SMILES string of the molecule is COc1ccc(CNc2nc(NCCN(CCNc3nc(NCc4ccc(OC)c(OC)c4)nc(OC(C)C)n3)CCNc3nc(NCc4ccc(OC)c(OC)c4)nc(OC(C)C)n3)nc(OC(C)C)n2)cc1OC. The van der Waals surface area contributed by atoms with Crippen molar-refractivity contribution in [2.45, 2.75) is 79.5 Å². The summed E-state index contributed by atoms with van der Waals surface area (Å²) in [6, 6.07) is 17.6. The van der Waals surface area contributed by atoms with Crippen molar-refractivity contribution in [3.05, 3.63) is 71.3 Å². The van der Waals surface area contributed by atoms with E-state index in [0.29, 0.717) is 129 Å². The molecule has 0 saturated heterocycles. The molecule has 3 aromatic heterocycles. The van der Waals surface area contributed by atoms with Gasteiger partial charge in [0.15, 0.2) is 34.5 Å². The van der Waals surface area contributed by atoms with Gasteiger partial charge in [0, 0.05) is 58.9 Å². The number of benzene rings is 3. The summed E-state index contributed by atoms with van der Waals surface area (Å²) >= 11 is 0. The molecular formula is C51H72N16O9. The monoisotopic (exact) mass is 1050 g/mol. The summed E-state index contributed by atoms with van der Waals surface area (Å²) in [4.78, 5) is 43.6. The molecule has 0 aliphatic carbocycles. The number of rotatable bonds is 33. The van der Waals surface area contributed by atoms with Gasteiger partial charge in [-0.3, -0.25) is 4.90 Å². The minimum absolute atomic E-state index is 0.173. The van der Waals surface area contributed by atoms with Gasteiger partial charge >= 0.3 is 18.0 Å². The zero-order chi connectivity index (χ0) is 54.4. The second-order valence-electron chi connectivity index (χ2n) is 17.5. The zero-order valence-electron chi connectivity index (χ0n) is 45.4. The van der Waals surface area contributed by atoms with Gasteiger partial charge in [0.2, 0.25) is 35.7 Å². The van der Waals surface area contributed by atoms with Gasteiger partial charge in [-0.25, -0.2) is 0 Å². The van der Waals surface area contributed by atoms with Crippen LogP contribution in [0.15, 0.2) is 54.6 Å². The van der Waals surface area contributed by atoms with Crippen LogP contribution in [0.3, 0.4) is 0 Å². The molecule has 3 heterocycles. The standard InChI is InChI=1S/C51H72N16O9/c1-31(2)74-49-61-43(58-46(64-49)55-28-34-13-16-37(68-7)40(25-34)71-10)52-19-22-67(23-20-53-44-59-47(65-50(62-44)75-32(3)4)56-29-35-14-17-38(69-8)41(26-35)72-11)24-21-54-45-60-48(66-51(63-45)76-33(5)6)57-30-36-15-18-39(70-9)42(27-36)73-12/h13-18,25-27,31-33H,19-24,28-30H2,1-12H3,(H2,52,55,58,61,64)(H2,53,56,59,62,65)(H2,54,57,60,63,66). The quantitative estimate of drug-likeness (QED) is 0.0259. The minimum atomic E-state index is -0.173. The van der Waals surface area contributed by atoms with Crippen molar-refractivity contribution in [2.24, 2.45) is 0 Å². The third-order valence-electron chi connectivity index (χ3n) is 10.7. The first-order valence-corrected chi connectivity index (χ1v) is 24.8. The minimum Gasteiger partial charge on any atom is -0.493 e. The number of aromatic nitrogens is 9. The van der Waals surface area contributed by atoms with Gasteiger partial charge in [0.1, 0.15) is 0 Å². The van der Waals surface area contributed by atoms with Gasteiger partial charge in [-0.05, 0) is 94.6 Å². The van der Waals surface area contributed by atoms with Crippen LogP contribution in [0.1, 0.15) is 58.2 Å². The van der Waals surface area contributed by atoms with Gasteiger partial charge in [-0.15, -0.1) is 0 Å². The topological polar surface area (TPSA) is 275 Å². The first-order chi connectivity index (χ1) is 36.8. The Morgan fingerprint density at radius 3 is 0.829 bits per heavy atom. The molecule has 3 aromatic carbocycles. The van der Waals surface area contributed by atoms with Crippen LogP contribution in [-0.4, -0.2) is 150 Å². The summed E-state index contributed by atoms with van der Waals surface area (Å²) in [5.74, 6) is 5.75. The Morgan fingerprint density at radius 1 is 0.342 bits per heavy atom. The molecule has 0 aliphatic rings. The van der Waals surface area contributed by atoms with Crippen molar-refractivity contribution in [1.82, 2.24) is 49.8 Å². The lowest BCUT2D eigenvalue weighted by Gasteiger charge is -2.23. The van der Waals surface area contributed by atoms with Crippen molar-refractivity contribution in [3.8, 4) is 52.5 Å². The van der Waals surface area contributed by atoms with Crippen LogP contribution in [0, 0.1) is 0 Å². The molecule has 6 N–H and O–H groups in total. The normalized spacial score (nSPS) is 11.1. The maximum atomic E-state index is 5.93. The third-order valence-corrected chi connectivity index (χ3v) is 10.7. The molecule has 0 aliphatic heterocycles. The lowest BCUT2D eigenvalue weighted by Crippen LogP contribution is -2.37. The van der Waals surface area contributed by atoms with Gasteiger partial charge < -0.3 is 74.5 Å². The Morgan fingerprint density at radius 2 is 0.592 bits per heavy atom. The lowest BCUT2D eigenvalue weighted by atomic mass is 10.2. The van der Waals surface area contributed by atoms with Crippen molar-refractivity contribution < 1.29 is 42.6 Å². The smallest absolute Gasteiger partial charge is 0.323 e. The number of methoxy groups -OCH3 is 6. The number of nitrogens with one attached hydrogen (secondary N) is 6. The van der Waals surface area contributed by atoms with Crippen LogP contribution < -0.4 is 74.5 Å². The van der Waals surface area contributed by atoms with E-state index < -0.39 is 0 Å². The number of hydrogen-bond donors (Lipinski definition) is 6. The van der Waals surface area contributed by atoms with E-state index >= 15 is 0 Å².